The van der Waals surface area contributed by atoms with E-state index < -0.39 is 0 Å². The fourth-order valence-corrected chi connectivity index (χ4v) is 3.51. The SMILES string of the molecule is Cc1ccc(Sc2ncccc2C(=O)Nc2ccc(CC#N)cc2)cc1C. The molecule has 0 bridgehead atoms. The van der Waals surface area contributed by atoms with E-state index in [1.54, 1.807) is 30.5 Å². The van der Waals surface area contributed by atoms with Crippen molar-refractivity contribution < 1.29 is 4.79 Å². The van der Waals surface area contributed by atoms with Crippen molar-refractivity contribution in [3.05, 3.63) is 83.0 Å². The molecule has 4 nitrogen and oxygen atoms in total. The second-order valence-corrected chi connectivity index (χ2v) is 7.25. The molecule has 1 amide bonds. The summed E-state index contributed by atoms with van der Waals surface area (Å²) in [4.78, 5) is 18.2. The minimum Gasteiger partial charge on any atom is -0.322 e. The van der Waals surface area contributed by atoms with Gasteiger partial charge >= 0.3 is 0 Å². The van der Waals surface area contributed by atoms with Crippen LogP contribution >= 0.6 is 11.8 Å². The highest BCUT2D eigenvalue weighted by Crippen LogP contribution is 2.30. The first-order valence-corrected chi connectivity index (χ1v) is 9.36. The van der Waals surface area contributed by atoms with E-state index in [4.69, 9.17) is 5.26 Å². The van der Waals surface area contributed by atoms with Gasteiger partial charge in [0, 0.05) is 16.8 Å². The second-order valence-electron chi connectivity index (χ2n) is 6.19. The van der Waals surface area contributed by atoms with Crippen LogP contribution in [0.5, 0.6) is 0 Å². The largest absolute Gasteiger partial charge is 0.322 e. The van der Waals surface area contributed by atoms with Crippen LogP contribution in [0.1, 0.15) is 27.0 Å². The topological polar surface area (TPSA) is 65.8 Å². The monoisotopic (exact) mass is 373 g/mol. The zero-order valence-corrected chi connectivity index (χ0v) is 16.0. The highest BCUT2D eigenvalue weighted by molar-refractivity contribution is 7.99. The summed E-state index contributed by atoms with van der Waals surface area (Å²) in [5.74, 6) is -0.206. The second kappa shape index (κ2) is 8.52. The zero-order valence-electron chi connectivity index (χ0n) is 15.2. The molecule has 0 unspecified atom stereocenters. The molecule has 0 saturated heterocycles. The molecule has 0 aliphatic heterocycles. The Kier molecular flexibility index (Phi) is 5.90. The van der Waals surface area contributed by atoms with Gasteiger partial charge in [0.2, 0.25) is 0 Å². The molecule has 3 rings (SSSR count). The van der Waals surface area contributed by atoms with Crippen molar-refractivity contribution >= 4 is 23.4 Å². The van der Waals surface area contributed by atoms with Crippen molar-refractivity contribution in [2.24, 2.45) is 0 Å². The third-order valence-electron chi connectivity index (χ3n) is 4.20. The summed E-state index contributed by atoms with van der Waals surface area (Å²) in [6, 6.07) is 19.1. The van der Waals surface area contributed by atoms with Crippen LogP contribution in [-0.4, -0.2) is 10.9 Å². The lowest BCUT2D eigenvalue weighted by atomic mass is 10.1. The Bertz CT molecular complexity index is 1010. The number of benzene rings is 2. The van der Waals surface area contributed by atoms with E-state index in [1.807, 2.05) is 18.2 Å². The van der Waals surface area contributed by atoms with Crippen molar-refractivity contribution in [2.75, 3.05) is 5.32 Å². The molecule has 3 aromatic rings. The van der Waals surface area contributed by atoms with Crippen LogP contribution in [0.15, 0.2) is 70.7 Å². The Labute approximate surface area is 163 Å². The lowest BCUT2D eigenvalue weighted by molar-refractivity contribution is 0.102. The Balaban J connectivity index is 1.79. The van der Waals surface area contributed by atoms with Gasteiger partial charge in [-0.2, -0.15) is 5.26 Å². The minimum atomic E-state index is -0.206. The van der Waals surface area contributed by atoms with E-state index >= 15 is 0 Å². The van der Waals surface area contributed by atoms with Crippen molar-refractivity contribution in [1.29, 1.82) is 5.26 Å². The van der Waals surface area contributed by atoms with Crippen molar-refractivity contribution in [2.45, 2.75) is 30.2 Å². The fourth-order valence-electron chi connectivity index (χ4n) is 2.53. The van der Waals surface area contributed by atoms with Gasteiger partial charge in [0.15, 0.2) is 0 Å². The number of carbonyl (C=O) groups excluding carboxylic acids is 1. The van der Waals surface area contributed by atoms with E-state index in [-0.39, 0.29) is 5.91 Å². The third-order valence-corrected chi connectivity index (χ3v) is 5.21. The molecule has 0 saturated carbocycles. The van der Waals surface area contributed by atoms with E-state index in [9.17, 15) is 4.79 Å². The van der Waals surface area contributed by atoms with Gasteiger partial charge in [0.05, 0.1) is 18.1 Å². The summed E-state index contributed by atoms with van der Waals surface area (Å²) in [5, 5.41) is 12.3. The first kappa shape index (κ1) is 18.7. The number of amides is 1. The molecule has 0 radical (unpaired) electrons. The van der Waals surface area contributed by atoms with Gasteiger partial charge in [-0.25, -0.2) is 4.98 Å². The normalized spacial score (nSPS) is 10.3. The predicted molar refractivity (Wildman–Crippen MR) is 108 cm³/mol. The molecule has 0 aliphatic carbocycles. The molecule has 1 heterocycles. The Morgan fingerprint density at radius 3 is 2.59 bits per heavy atom. The van der Waals surface area contributed by atoms with Crippen LogP contribution in [0.4, 0.5) is 5.69 Å². The van der Waals surface area contributed by atoms with E-state index in [0.29, 0.717) is 22.7 Å². The molecule has 5 heteroatoms. The highest BCUT2D eigenvalue weighted by atomic mass is 32.2. The van der Waals surface area contributed by atoms with Gasteiger partial charge < -0.3 is 5.32 Å². The molecule has 0 fully saturated rings. The molecule has 1 aromatic heterocycles. The summed E-state index contributed by atoms with van der Waals surface area (Å²) in [6.07, 6.45) is 2.05. The molecule has 1 N–H and O–H groups in total. The van der Waals surface area contributed by atoms with Gasteiger partial charge in [-0.05, 0) is 66.9 Å². The number of aryl methyl sites for hydroxylation is 2. The lowest BCUT2D eigenvalue weighted by Crippen LogP contribution is -2.13. The number of nitrogens with one attached hydrogen (secondary N) is 1. The maximum Gasteiger partial charge on any atom is 0.258 e. The van der Waals surface area contributed by atoms with Crippen LogP contribution in [0, 0.1) is 25.2 Å². The number of pyridine rings is 1. The number of rotatable bonds is 5. The van der Waals surface area contributed by atoms with E-state index in [2.05, 4.69) is 42.4 Å². The molecule has 0 atom stereocenters. The Morgan fingerprint density at radius 1 is 1.11 bits per heavy atom. The van der Waals surface area contributed by atoms with Crippen molar-refractivity contribution in [3.63, 3.8) is 0 Å². The number of nitriles is 1. The molecule has 134 valence electrons. The maximum absolute atomic E-state index is 12.7. The van der Waals surface area contributed by atoms with E-state index in [0.717, 1.165) is 10.5 Å². The van der Waals surface area contributed by atoms with Crippen molar-refractivity contribution in [1.82, 2.24) is 4.98 Å². The zero-order chi connectivity index (χ0) is 19.2. The Morgan fingerprint density at radius 2 is 1.89 bits per heavy atom. The molecule has 0 spiro atoms. The molecular weight excluding hydrogens is 354 g/mol. The lowest BCUT2D eigenvalue weighted by Gasteiger charge is -2.10. The number of nitrogens with zero attached hydrogens (tertiary/aromatic N) is 2. The summed E-state index contributed by atoms with van der Waals surface area (Å²) in [6.45, 7) is 4.15. The van der Waals surface area contributed by atoms with Crippen LogP contribution in [0.3, 0.4) is 0 Å². The summed E-state index contributed by atoms with van der Waals surface area (Å²) in [7, 11) is 0. The van der Waals surface area contributed by atoms with Crippen LogP contribution < -0.4 is 5.32 Å². The van der Waals surface area contributed by atoms with Crippen LogP contribution in [0.2, 0.25) is 0 Å². The quantitative estimate of drug-likeness (QED) is 0.670. The molecule has 0 aliphatic rings. The summed E-state index contributed by atoms with van der Waals surface area (Å²) >= 11 is 1.48. The first-order chi connectivity index (χ1) is 13.1. The summed E-state index contributed by atoms with van der Waals surface area (Å²) in [5.41, 5.74) is 4.58. The van der Waals surface area contributed by atoms with E-state index in [1.165, 1.54) is 22.9 Å². The average molecular weight is 373 g/mol. The fraction of sp³-hybridized carbons (Fsp3) is 0.136. The van der Waals surface area contributed by atoms with Crippen LogP contribution in [0.25, 0.3) is 0 Å². The van der Waals surface area contributed by atoms with Gasteiger partial charge in [0.25, 0.3) is 5.91 Å². The van der Waals surface area contributed by atoms with Crippen molar-refractivity contribution in [3.8, 4) is 6.07 Å². The van der Waals surface area contributed by atoms with Gasteiger partial charge in [-0.3, -0.25) is 4.79 Å². The summed E-state index contributed by atoms with van der Waals surface area (Å²) < 4.78 is 0. The average Bonchev–Trinajstić information content (AvgIpc) is 2.67. The third kappa shape index (κ3) is 4.75. The molecule has 27 heavy (non-hydrogen) atoms. The predicted octanol–water partition coefficient (Wildman–Crippen LogP) is 5.17. The molecular formula is C22H19N3OS. The number of hydrogen-bond donors (Lipinski definition) is 1. The highest BCUT2D eigenvalue weighted by Gasteiger charge is 2.14. The van der Waals surface area contributed by atoms with Gasteiger partial charge in [-0.1, -0.05) is 30.0 Å². The van der Waals surface area contributed by atoms with Gasteiger partial charge in [0.1, 0.15) is 5.03 Å². The minimum absolute atomic E-state index is 0.206. The smallest absolute Gasteiger partial charge is 0.258 e. The van der Waals surface area contributed by atoms with Crippen LogP contribution in [-0.2, 0) is 6.42 Å². The standard InChI is InChI=1S/C22H19N3OS/c1-15-5-10-19(14-16(15)2)27-22-20(4-3-13-24-22)21(26)25-18-8-6-17(7-9-18)11-12-23/h3-10,13-14H,11H2,1-2H3,(H,25,26). The number of aromatic nitrogens is 1. The number of carbonyl (C=O) groups is 1. The number of anilines is 1. The first-order valence-electron chi connectivity index (χ1n) is 8.54. The Hall–Kier alpha value is -3.10. The van der Waals surface area contributed by atoms with Gasteiger partial charge in [-0.15, -0.1) is 0 Å². The maximum atomic E-state index is 12.7. The number of hydrogen-bond acceptors (Lipinski definition) is 4. The molecule has 2 aromatic carbocycles.